The van der Waals surface area contributed by atoms with Crippen LogP contribution in [0.2, 0.25) is 0 Å². The first-order valence-electron chi connectivity index (χ1n) is 11.5. The van der Waals surface area contributed by atoms with E-state index in [9.17, 15) is 9.59 Å². The number of hydrogen-bond donors (Lipinski definition) is 1. The first kappa shape index (κ1) is 22.9. The zero-order valence-corrected chi connectivity index (χ0v) is 19.8. The van der Waals surface area contributed by atoms with Gasteiger partial charge >= 0.3 is 0 Å². The number of amides is 2. The molecule has 0 spiro atoms. The number of nitrogens with zero attached hydrogens (tertiary/aromatic N) is 3. The van der Waals surface area contributed by atoms with Crippen LogP contribution in [0.1, 0.15) is 26.3 Å². The Morgan fingerprint density at radius 3 is 2.12 bits per heavy atom. The Kier molecular flexibility index (Phi) is 6.70. The third-order valence-corrected chi connectivity index (χ3v) is 6.09. The van der Waals surface area contributed by atoms with Gasteiger partial charge in [-0.2, -0.15) is 0 Å². The molecule has 1 saturated heterocycles. The summed E-state index contributed by atoms with van der Waals surface area (Å²) in [5.41, 5.74) is 3.33. The van der Waals surface area contributed by atoms with E-state index in [1.165, 1.54) is 4.90 Å². The van der Waals surface area contributed by atoms with Crippen LogP contribution in [-0.2, 0) is 9.59 Å². The predicted octanol–water partition coefficient (Wildman–Crippen LogP) is 3.44. The van der Waals surface area contributed by atoms with Crippen LogP contribution in [0.15, 0.2) is 54.2 Å². The lowest BCUT2D eigenvalue weighted by Crippen LogP contribution is -2.44. The van der Waals surface area contributed by atoms with Gasteiger partial charge in [0.15, 0.2) is 0 Å². The van der Waals surface area contributed by atoms with Crippen LogP contribution in [0.4, 0.5) is 11.4 Å². The molecule has 0 atom stereocenters. The molecule has 2 aliphatic heterocycles. The quantitative estimate of drug-likeness (QED) is 0.655. The molecular formula is C26H32N4O3. The molecule has 2 aliphatic rings. The van der Waals surface area contributed by atoms with Gasteiger partial charge in [-0.05, 0) is 69.8 Å². The van der Waals surface area contributed by atoms with Crippen molar-refractivity contribution in [2.24, 2.45) is 0 Å². The number of piperazine rings is 1. The maximum Gasteiger partial charge on any atom is 0.278 e. The molecule has 2 heterocycles. The number of rotatable bonds is 7. The van der Waals surface area contributed by atoms with E-state index in [4.69, 9.17) is 4.74 Å². The number of imide groups is 1. The first-order chi connectivity index (χ1) is 15.9. The number of carbonyl (C=O) groups excluding carboxylic acids is 2. The number of ether oxygens (including phenoxy) is 1. The summed E-state index contributed by atoms with van der Waals surface area (Å²) in [5.74, 6) is 0.145. The number of nitrogens with one attached hydrogen (secondary N) is 1. The summed E-state index contributed by atoms with van der Waals surface area (Å²) in [4.78, 5) is 32.4. The molecule has 0 aliphatic carbocycles. The SMILES string of the molecule is CCOc1ccc(C2=C(Nc3ccc(N4CCN(C)CC4)cc3)C(=O)N(C(C)C)C2=O)cc1. The van der Waals surface area contributed by atoms with Gasteiger partial charge in [-0.3, -0.25) is 14.5 Å². The molecule has 0 radical (unpaired) electrons. The minimum atomic E-state index is -0.304. The van der Waals surface area contributed by atoms with Gasteiger partial charge in [-0.1, -0.05) is 12.1 Å². The fourth-order valence-corrected chi connectivity index (χ4v) is 4.25. The number of likely N-dealkylation sites (N-methyl/N-ethyl adjacent to an activating group) is 1. The van der Waals surface area contributed by atoms with Crippen LogP contribution in [0.25, 0.3) is 5.57 Å². The van der Waals surface area contributed by atoms with Crippen molar-refractivity contribution in [3.63, 3.8) is 0 Å². The largest absolute Gasteiger partial charge is 0.494 e. The molecule has 0 bridgehead atoms. The van der Waals surface area contributed by atoms with Crippen LogP contribution in [0, 0.1) is 0 Å². The van der Waals surface area contributed by atoms with E-state index < -0.39 is 0 Å². The normalized spacial score (nSPS) is 17.4. The average molecular weight is 449 g/mol. The lowest BCUT2D eigenvalue weighted by molar-refractivity contribution is -0.138. The second kappa shape index (κ2) is 9.67. The Morgan fingerprint density at radius 2 is 1.55 bits per heavy atom. The summed E-state index contributed by atoms with van der Waals surface area (Å²) >= 11 is 0. The molecule has 0 unspecified atom stereocenters. The van der Waals surface area contributed by atoms with Crippen LogP contribution in [0.3, 0.4) is 0 Å². The molecule has 174 valence electrons. The topological polar surface area (TPSA) is 65.1 Å². The summed E-state index contributed by atoms with van der Waals surface area (Å²) < 4.78 is 5.52. The van der Waals surface area contributed by atoms with Crippen molar-refractivity contribution < 1.29 is 14.3 Å². The van der Waals surface area contributed by atoms with E-state index in [1.54, 1.807) is 0 Å². The second-order valence-electron chi connectivity index (χ2n) is 8.74. The van der Waals surface area contributed by atoms with Gasteiger partial charge in [-0.25, -0.2) is 0 Å². The molecule has 7 nitrogen and oxygen atoms in total. The van der Waals surface area contributed by atoms with Gasteiger partial charge in [0.1, 0.15) is 11.4 Å². The average Bonchev–Trinajstić information content (AvgIpc) is 3.05. The fourth-order valence-electron chi connectivity index (χ4n) is 4.25. The van der Waals surface area contributed by atoms with E-state index in [0.29, 0.717) is 23.4 Å². The molecule has 2 amide bonds. The summed E-state index contributed by atoms with van der Waals surface area (Å²) in [6.45, 7) is 10.3. The van der Waals surface area contributed by atoms with Crippen LogP contribution in [-0.4, -0.2) is 67.5 Å². The highest BCUT2D eigenvalue weighted by Crippen LogP contribution is 2.33. The summed E-state index contributed by atoms with van der Waals surface area (Å²) in [7, 11) is 2.14. The number of hydrogen-bond acceptors (Lipinski definition) is 6. The number of anilines is 2. The highest BCUT2D eigenvalue weighted by molar-refractivity contribution is 6.36. The lowest BCUT2D eigenvalue weighted by atomic mass is 10.0. The van der Waals surface area contributed by atoms with Crippen molar-refractivity contribution in [1.29, 1.82) is 0 Å². The molecule has 0 saturated carbocycles. The molecular weight excluding hydrogens is 416 g/mol. The maximum absolute atomic E-state index is 13.2. The van der Waals surface area contributed by atoms with Gasteiger partial charge in [0.2, 0.25) is 0 Å². The van der Waals surface area contributed by atoms with E-state index >= 15 is 0 Å². The Labute approximate surface area is 195 Å². The predicted molar refractivity (Wildman–Crippen MR) is 131 cm³/mol. The standard InChI is InChI=1S/C26H32N4O3/c1-5-33-22-12-6-19(7-13-22)23-24(26(32)30(18(2)3)25(23)31)27-20-8-10-21(11-9-20)29-16-14-28(4)15-17-29/h6-13,18,27H,5,14-17H2,1-4H3. The summed E-state index contributed by atoms with van der Waals surface area (Å²) in [6, 6.07) is 15.1. The minimum absolute atomic E-state index is 0.235. The highest BCUT2D eigenvalue weighted by Gasteiger charge is 2.40. The van der Waals surface area contributed by atoms with Gasteiger partial charge in [-0.15, -0.1) is 0 Å². The molecule has 1 N–H and O–H groups in total. The van der Waals surface area contributed by atoms with E-state index in [0.717, 1.165) is 43.3 Å². The Hall–Kier alpha value is -3.32. The zero-order chi connectivity index (χ0) is 23.5. The summed E-state index contributed by atoms with van der Waals surface area (Å²) in [5, 5.41) is 3.24. The molecule has 33 heavy (non-hydrogen) atoms. The van der Waals surface area contributed by atoms with E-state index in [2.05, 4.69) is 34.3 Å². The van der Waals surface area contributed by atoms with Crippen LogP contribution >= 0.6 is 0 Å². The van der Waals surface area contributed by atoms with Crippen molar-refractivity contribution >= 4 is 28.8 Å². The van der Waals surface area contributed by atoms with Crippen LogP contribution < -0.4 is 15.0 Å². The number of benzene rings is 2. The summed E-state index contributed by atoms with van der Waals surface area (Å²) in [6.07, 6.45) is 0. The Bertz CT molecular complexity index is 1040. The molecule has 7 heteroatoms. The van der Waals surface area contributed by atoms with Crippen LogP contribution in [0.5, 0.6) is 5.75 Å². The van der Waals surface area contributed by atoms with Crippen molar-refractivity contribution in [1.82, 2.24) is 9.80 Å². The zero-order valence-electron chi connectivity index (χ0n) is 19.8. The molecule has 2 aromatic rings. The van der Waals surface area contributed by atoms with Gasteiger partial charge in [0, 0.05) is 43.6 Å². The Morgan fingerprint density at radius 1 is 0.909 bits per heavy atom. The third kappa shape index (κ3) is 4.73. The fraction of sp³-hybridized carbons (Fsp3) is 0.385. The molecule has 2 aromatic carbocycles. The smallest absolute Gasteiger partial charge is 0.278 e. The Balaban J connectivity index is 1.62. The third-order valence-electron chi connectivity index (χ3n) is 6.09. The molecule has 0 aromatic heterocycles. The van der Waals surface area contributed by atoms with Gasteiger partial charge in [0.05, 0.1) is 12.2 Å². The maximum atomic E-state index is 13.2. The first-order valence-corrected chi connectivity index (χ1v) is 11.5. The second-order valence-corrected chi connectivity index (χ2v) is 8.74. The van der Waals surface area contributed by atoms with Crippen molar-refractivity contribution in [3.8, 4) is 5.75 Å². The van der Waals surface area contributed by atoms with Gasteiger partial charge in [0.25, 0.3) is 11.8 Å². The van der Waals surface area contributed by atoms with Gasteiger partial charge < -0.3 is 19.9 Å². The minimum Gasteiger partial charge on any atom is -0.494 e. The highest BCUT2D eigenvalue weighted by atomic mass is 16.5. The lowest BCUT2D eigenvalue weighted by Gasteiger charge is -2.34. The number of carbonyl (C=O) groups is 2. The van der Waals surface area contributed by atoms with E-state index in [1.807, 2.05) is 57.2 Å². The molecule has 1 fully saturated rings. The monoisotopic (exact) mass is 448 g/mol. The van der Waals surface area contributed by atoms with Crippen molar-refractivity contribution in [2.45, 2.75) is 26.8 Å². The van der Waals surface area contributed by atoms with E-state index in [-0.39, 0.29) is 17.9 Å². The van der Waals surface area contributed by atoms with Crippen molar-refractivity contribution in [2.75, 3.05) is 50.1 Å². The molecule has 4 rings (SSSR count). The van der Waals surface area contributed by atoms with Crippen molar-refractivity contribution in [3.05, 3.63) is 59.8 Å².